The summed E-state index contributed by atoms with van der Waals surface area (Å²) in [5.41, 5.74) is 0.969. The summed E-state index contributed by atoms with van der Waals surface area (Å²) in [6.45, 7) is 4.10. The molecule has 0 bridgehead atoms. The number of carbonyl (C=O) groups is 2. The Labute approximate surface area is 147 Å². The first-order valence-electron chi connectivity index (χ1n) is 8.39. The monoisotopic (exact) mass is 348 g/mol. The van der Waals surface area contributed by atoms with Gasteiger partial charge in [-0.2, -0.15) is 0 Å². The summed E-state index contributed by atoms with van der Waals surface area (Å²) in [5, 5.41) is 3.12. The van der Waals surface area contributed by atoms with Crippen LogP contribution in [0.1, 0.15) is 44.7 Å². The Morgan fingerprint density at radius 1 is 1.50 bits per heavy atom. The van der Waals surface area contributed by atoms with Crippen LogP contribution in [-0.4, -0.2) is 40.5 Å². The predicted octanol–water partition coefficient (Wildman–Crippen LogP) is 2.72. The first-order valence-corrected chi connectivity index (χ1v) is 9.38. The first kappa shape index (κ1) is 17.1. The number of hydrogen-bond acceptors (Lipinski definition) is 4. The minimum atomic E-state index is -0.376. The largest absolute Gasteiger partial charge is 0.496 e. The highest BCUT2D eigenvalue weighted by atomic mass is 32.2. The van der Waals surface area contributed by atoms with Crippen LogP contribution >= 0.6 is 11.8 Å². The molecule has 2 heterocycles. The molecule has 2 aliphatic rings. The quantitative estimate of drug-likeness (QED) is 0.889. The lowest BCUT2D eigenvalue weighted by atomic mass is 10.0. The predicted molar refractivity (Wildman–Crippen MR) is 94.9 cm³/mol. The second kappa shape index (κ2) is 6.67. The van der Waals surface area contributed by atoms with Crippen LogP contribution in [0.4, 0.5) is 0 Å². The minimum Gasteiger partial charge on any atom is -0.496 e. The topological polar surface area (TPSA) is 58.6 Å². The third-order valence-electron chi connectivity index (χ3n) is 4.99. The number of para-hydroxylation sites is 1. The highest BCUT2D eigenvalue weighted by molar-refractivity contribution is 8.01. The van der Waals surface area contributed by atoms with Crippen LogP contribution < -0.4 is 10.1 Å². The molecule has 2 amide bonds. The van der Waals surface area contributed by atoms with Gasteiger partial charge in [0.2, 0.25) is 11.8 Å². The zero-order valence-corrected chi connectivity index (χ0v) is 15.2. The van der Waals surface area contributed by atoms with Crippen molar-refractivity contribution in [2.45, 2.75) is 50.1 Å². The molecule has 2 aliphatic heterocycles. The maximum Gasteiger partial charge on any atom is 0.244 e. The van der Waals surface area contributed by atoms with Crippen LogP contribution in [0.2, 0.25) is 0 Å². The number of rotatable bonds is 5. The zero-order valence-electron chi connectivity index (χ0n) is 14.4. The average molecular weight is 348 g/mol. The van der Waals surface area contributed by atoms with Gasteiger partial charge in [0.1, 0.15) is 11.8 Å². The van der Waals surface area contributed by atoms with Crippen molar-refractivity contribution in [3.63, 3.8) is 0 Å². The maximum atomic E-state index is 12.9. The van der Waals surface area contributed by atoms with Crippen LogP contribution in [0.15, 0.2) is 24.3 Å². The van der Waals surface area contributed by atoms with E-state index in [1.165, 1.54) is 0 Å². The van der Waals surface area contributed by atoms with E-state index in [4.69, 9.17) is 4.74 Å². The molecular weight excluding hydrogens is 324 g/mol. The second-order valence-electron chi connectivity index (χ2n) is 6.48. The fraction of sp³-hybridized carbons (Fsp3) is 0.556. The van der Waals surface area contributed by atoms with E-state index >= 15 is 0 Å². The summed E-state index contributed by atoms with van der Waals surface area (Å²) in [6, 6.07) is 7.23. The van der Waals surface area contributed by atoms with E-state index in [1.54, 1.807) is 23.8 Å². The fourth-order valence-electron chi connectivity index (χ4n) is 3.64. The molecule has 0 aliphatic carbocycles. The fourth-order valence-corrected chi connectivity index (χ4v) is 5.07. The van der Waals surface area contributed by atoms with E-state index in [-0.39, 0.29) is 28.8 Å². The van der Waals surface area contributed by atoms with Gasteiger partial charge in [-0.15, -0.1) is 11.8 Å². The van der Waals surface area contributed by atoms with Crippen molar-refractivity contribution in [3.05, 3.63) is 29.8 Å². The van der Waals surface area contributed by atoms with Crippen LogP contribution in [0.5, 0.6) is 5.75 Å². The minimum absolute atomic E-state index is 0.0702. The molecule has 24 heavy (non-hydrogen) atoms. The molecule has 3 atom stereocenters. The number of fused-ring (bicyclic) bond motifs is 1. The lowest BCUT2D eigenvalue weighted by Gasteiger charge is -2.31. The Kier molecular flexibility index (Phi) is 4.76. The Hall–Kier alpha value is -1.69. The summed E-state index contributed by atoms with van der Waals surface area (Å²) in [4.78, 5) is 26.6. The van der Waals surface area contributed by atoms with E-state index < -0.39 is 0 Å². The molecule has 2 fully saturated rings. The van der Waals surface area contributed by atoms with Gasteiger partial charge in [0.15, 0.2) is 0 Å². The summed E-state index contributed by atoms with van der Waals surface area (Å²) >= 11 is 1.71. The number of thioether (sulfide) groups is 1. The van der Waals surface area contributed by atoms with Crippen LogP contribution in [-0.2, 0) is 9.59 Å². The van der Waals surface area contributed by atoms with Gasteiger partial charge in [-0.1, -0.05) is 25.1 Å². The Morgan fingerprint density at radius 3 is 2.96 bits per heavy atom. The lowest BCUT2D eigenvalue weighted by Crippen LogP contribution is -2.50. The molecule has 2 saturated heterocycles. The number of carbonyl (C=O) groups excluding carboxylic acids is 2. The lowest BCUT2D eigenvalue weighted by molar-refractivity contribution is -0.138. The standard InChI is InChI=1S/C18H24N2O3S/c1-4-13(12-7-5-6-8-15(12)23-3)19-17(22)14-11-24-18(2)10-9-16(21)20(14)18/h5-8,13-14H,4,9-11H2,1-3H3,(H,19,22)/t13-,14-,18+/m0/s1. The van der Waals surface area contributed by atoms with E-state index in [0.29, 0.717) is 12.2 Å². The number of hydrogen-bond donors (Lipinski definition) is 1. The van der Waals surface area contributed by atoms with E-state index in [1.807, 2.05) is 31.2 Å². The van der Waals surface area contributed by atoms with Crippen molar-refractivity contribution < 1.29 is 14.3 Å². The molecule has 0 aromatic heterocycles. The van der Waals surface area contributed by atoms with Gasteiger partial charge in [-0.05, 0) is 25.8 Å². The first-order chi connectivity index (χ1) is 11.5. The van der Waals surface area contributed by atoms with Crippen LogP contribution in [0.25, 0.3) is 0 Å². The molecule has 3 rings (SSSR count). The molecule has 1 aromatic rings. The molecule has 5 nitrogen and oxygen atoms in total. The van der Waals surface area contributed by atoms with Gasteiger partial charge in [-0.3, -0.25) is 9.59 Å². The third-order valence-corrected chi connectivity index (χ3v) is 6.49. The zero-order chi connectivity index (χ0) is 17.3. The second-order valence-corrected chi connectivity index (χ2v) is 7.98. The maximum absolute atomic E-state index is 12.9. The highest BCUT2D eigenvalue weighted by Crippen LogP contribution is 2.47. The van der Waals surface area contributed by atoms with Gasteiger partial charge in [0.25, 0.3) is 0 Å². The van der Waals surface area contributed by atoms with Crippen molar-refractivity contribution in [3.8, 4) is 5.75 Å². The summed E-state index contributed by atoms with van der Waals surface area (Å²) in [7, 11) is 1.63. The van der Waals surface area contributed by atoms with Gasteiger partial charge >= 0.3 is 0 Å². The summed E-state index contributed by atoms with van der Waals surface area (Å²) in [6.07, 6.45) is 2.12. The number of amides is 2. The van der Waals surface area contributed by atoms with Crippen LogP contribution in [0.3, 0.4) is 0 Å². The molecule has 130 valence electrons. The van der Waals surface area contributed by atoms with Crippen molar-refractivity contribution in [1.29, 1.82) is 0 Å². The van der Waals surface area contributed by atoms with Crippen molar-refractivity contribution >= 4 is 23.6 Å². The summed E-state index contributed by atoms with van der Waals surface area (Å²) in [5.74, 6) is 1.45. The van der Waals surface area contributed by atoms with Gasteiger partial charge in [0, 0.05) is 17.7 Å². The van der Waals surface area contributed by atoms with Gasteiger partial charge < -0.3 is 15.0 Å². The Bertz CT molecular complexity index is 651. The third kappa shape index (κ3) is 2.88. The van der Waals surface area contributed by atoms with Crippen LogP contribution in [0, 0.1) is 0 Å². The number of nitrogens with one attached hydrogen (secondary N) is 1. The SMILES string of the molecule is CC[C@H](NC(=O)[C@@H]1CS[C@]2(C)CCC(=O)N12)c1ccccc1OC. The highest BCUT2D eigenvalue weighted by Gasteiger charge is 2.53. The van der Waals surface area contributed by atoms with E-state index in [9.17, 15) is 9.59 Å². The molecular formula is C18H24N2O3S. The van der Waals surface area contributed by atoms with E-state index in [0.717, 1.165) is 24.2 Å². The summed E-state index contributed by atoms with van der Waals surface area (Å²) < 4.78 is 5.42. The number of methoxy groups -OCH3 is 1. The van der Waals surface area contributed by atoms with Crippen molar-refractivity contribution in [1.82, 2.24) is 10.2 Å². The Balaban J connectivity index is 1.77. The normalized spacial score (nSPS) is 27.0. The van der Waals surface area contributed by atoms with E-state index in [2.05, 4.69) is 12.2 Å². The smallest absolute Gasteiger partial charge is 0.244 e. The van der Waals surface area contributed by atoms with Crippen molar-refractivity contribution in [2.75, 3.05) is 12.9 Å². The molecule has 0 saturated carbocycles. The number of benzene rings is 1. The molecule has 0 radical (unpaired) electrons. The van der Waals surface area contributed by atoms with Gasteiger partial charge in [0.05, 0.1) is 18.0 Å². The molecule has 0 spiro atoms. The molecule has 1 aromatic carbocycles. The van der Waals surface area contributed by atoms with Gasteiger partial charge in [-0.25, -0.2) is 0 Å². The number of nitrogens with zero attached hydrogens (tertiary/aromatic N) is 1. The molecule has 6 heteroatoms. The molecule has 0 unspecified atom stereocenters. The number of ether oxygens (including phenoxy) is 1. The average Bonchev–Trinajstić information content (AvgIpc) is 3.09. The molecule has 1 N–H and O–H groups in total. The Morgan fingerprint density at radius 2 is 2.25 bits per heavy atom. The van der Waals surface area contributed by atoms with Crippen molar-refractivity contribution in [2.24, 2.45) is 0 Å².